The van der Waals surface area contributed by atoms with Gasteiger partial charge in [-0.3, -0.25) is 4.79 Å². The molecule has 0 aromatic heterocycles. The summed E-state index contributed by atoms with van der Waals surface area (Å²) in [6.07, 6.45) is 14.0. The van der Waals surface area contributed by atoms with E-state index in [0.29, 0.717) is 0 Å². The maximum absolute atomic E-state index is 12.4. The third kappa shape index (κ3) is 5.23. The minimum Gasteiger partial charge on any atom is -0.284 e. The van der Waals surface area contributed by atoms with E-state index >= 15 is 0 Å². The Kier molecular flexibility index (Phi) is 7.56. The molecule has 0 atom stereocenters. The predicted octanol–water partition coefficient (Wildman–Crippen LogP) is 5.06. The number of carbonyl (C=O) groups excluding carboxylic acids is 1. The SMILES string of the molecule is C=CCC1(C(=O)C#CCCCCCC)CCCCC1. The normalized spacial score (nSPS) is 17.3. The molecular weight excluding hydrogens is 232 g/mol. The lowest BCUT2D eigenvalue weighted by molar-refractivity contribution is -0.124. The van der Waals surface area contributed by atoms with E-state index in [2.05, 4.69) is 25.3 Å². The van der Waals surface area contributed by atoms with Crippen LogP contribution in [0.1, 0.15) is 77.6 Å². The first-order valence-corrected chi connectivity index (χ1v) is 7.89. The molecule has 0 N–H and O–H groups in total. The molecule has 19 heavy (non-hydrogen) atoms. The highest BCUT2D eigenvalue weighted by Gasteiger charge is 2.37. The van der Waals surface area contributed by atoms with Crippen LogP contribution in [0.4, 0.5) is 0 Å². The van der Waals surface area contributed by atoms with E-state index in [-0.39, 0.29) is 11.2 Å². The van der Waals surface area contributed by atoms with Gasteiger partial charge in [0.25, 0.3) is 0 Å². The van der Waals surface area contributed by atoms with Crippen molar-refractivity contribution < 1.29 is 4.79 Å². The molecule has 1 fully saturated rings. The first kappa shape index (κ1) is 16.0. The Morgan fingerprint density at radius 3 is 2.58 bits per heavy atom. The summed E-state index contributed by atoms with van der Waals surface area (Å²) in [6, 6.07) is 0. The molecule has 0 saturated heterocycles. The maximum atomic E-state index is 12.4. The van der Waals surface area contributed by atoms with E-state index in [1.54, 1.807) is 0 Å². The predicted molar refractivity (Wildman–Crippen MR) is 81.9 cm³/mol. The molecule has 0 aromatic carbocycles. The Morgan fingerprint density at radius 2 is 1.95 bits per heavy atom. The van der Waals surface area contributed by atoms with Gasteiger partial charge in [0.1, 0.15) is 0 Å². The molecule has 1 saturated carbocycles. The number of Topliss-reactive ketones (excluding diaryl/α,β-unsaturated/α-hetero) is 1. The van der Waals surface area contributed by atoms with Gasteiger partial charge in [-0.25, -0.2) is 0 Å². The third-order valence-electron chi connectivity index (χ3n) is 4.18. The molecule has 0 unspecified atom stereocenters. The number of hydrogen-bond acceptors (Lipinski definition) is 1. The molecular formula is C18H28O. The van der Waals surface area contributed by atoms with Gasteiger partial charge in [-0.2, -0.15) is 0 Å². The third-order valence-corrected chi connectivity index (χ3v) is 4.18. The fraction of sp³-hybridized carbons (Fsp3) is 0.722. The zero-order valence-corrected chi connectivity index (χ0v) is 12.5. The topological polar surface area (TPSA) is 17.1 Å². The van der Waals surface area contributed by atoms with Crippen molar-refractivity contribution in [3.05, 3.63) is 12.7 Å². The average molecular weight is 260 g/mol. The standard InChI is InChI=1S/C18H28O/c1-3-5-6-7-8-10-13-17(19)18(14-4-2)15-11-9-12-16-18/h4H,2-3,5-9,11-12,14-16H2,1H3. The van der Waals surface area contributed by atoms with Crippen LogP contribution in [0.25, 0.3) is 0 Å². The number of hydrogen-bond donors (Lipinski definition) is 0. The lowest BCUT2D eigenvalue weighted by Crippen LogP contribution is -2.32. The number of carbonyl (C=O) groups is 1. The van der Waals surface area contributed by atoms with Crippen LogP contribution in [-0.4, -0.2) is 5.78 Å². The van der Waals surface area contributed by atoms with Crippen molar-refractivity contribution >= 4 is 5.78 Å². The van der Waals surface area contributed by atoms with Gasteiger partial charge in [0.15, 0.2) is 0 Å². The lowest BCUT2D eigenvalue weighted by Gasteiger charge is -2.33. The number of rotatable bonds is 7. The van der Waals surface area contributed by atoms with Gasteiger partial charge in [0.2, 0.25) is 5.78 Å². The Balaban J connectivity index is 2.48. The lowest BCUT2D eigenvalue weighted by atomic mass is 9.69. The van der Waals surface area contributed by atoms with Crippen LogP contribution in [0.3, 0.4) is 0 Å². The van der Waals surface area contributed by atoms with Crippen molar-refractivity contribution in [2.24, 2.45) is 5.41 Å². The van der Waals surface area contributed by atoms with Gasteiger partial charge in [-0.1, -0.05) is 57.4 Å². The molecule has 106 valence electrons. The van der Waals surface area contributed by atoms with E-state index in [9.17, 15) is 4.79 Å². The summed E-state index contributed by atoms with van der Waals surface area (Å²) >= 11 is 0. The maximum Gasteiger partial charge on any atom is 0.211 e. The molecule has 0 aliphatic heterocycles. The fourth-order valence-electron chi connectivity index (χ4n) is 2.94. The molecule has 0 radical (unpaired) electrons. The van der Waals surface area contributed by atoms with Gasteiger partial charge in [-0.05, 0) is 31.6 Å². The van der Waals surface area contributed by atoms with Crippen LogP contribution < -0.4 is 0 Å². The molecule has 1 rings (SSSR count). The smallest absolute Gasteiger partial charge is 0.211 e. The van der Waals surface area contributed by atoms with Crippen LogP contribution in [0.5, 0.6) is 0 Å². The van der Waals surface area contributed by atoms with Crippen LogP contribution in [0.2, 0.25) is 0 Å². The molecule has 1 aliphatic carbocycles. The van der Waals surface area contributed by atoms with Gasteiger partial charge in [0, 0.05) is 11.8 Å². The number of unbranched alkanes of at least 4 members (excludes halogenated alkanes) is 4. The minimum atomic E-state index is -0.198. The van der Waals surface area contributed by atoms with Gasteiger partial charge in [-0.15, -0.1) is 6.58 Å². The van der Waals surface area contributed by atoms with Crippen molar-refractivity contribution in [2.75, 3.05) is 0 Å². The quantitative estimate of drug-likeness (QED) is 0.271. The highest BCUT2D eigenvalue weighted by Crippen LogP contribution is 2.40. The molecule has 1 heteroatoms. The van der Waals surface area contributed by atoms with Crippen LogP contribution in [0.15, 0.2) is 12.7 Å². The van der Waals surface area contributed by atoms with E-state index in [1.165, 1.54) is 25.7 Å². The Morgan fingerprint density at radius 1 is 1.21 bits per heavy atom. The first-order chi connectivity index (χ1) is 9.25. The largest absolute Gasteiger partial charge is 0.284 e. The summed E-state index contributed by atoms with van der Waals surface area (Å²) in [5, 5.41) is 0. The molecule has 0 bridgehead atoms. The van der Waals surface area contributed by atoms with Gasteiger partial charge < -0.3 is 0 Å². The monoisotopic (exact) mass is 260 g/mol. The second-order valence-electron chi connectivity index (χ2n) is 5.78. The first-order valence-electron chi connectivity index (χ1n) is 7.89. The summed E-state index contributed by atoms with van der Waals surface area (Å²) in [5.74, 6) is 6.18. The van der Waals surface area contributed by atoms with Crippen LogP contribution in [0, 0.1) is 17.3 Å². The van der Waals surface area contributed by atoms with Crippen molar-refractivity contribution in [1.82, 2.24) is 0 Å². The molecule has 0 spiro atoms. The van der Waals surface area contributed by atoms with E-state index in [1.807, 2.05) is 6.08 Å². The summed E-state index contributed by atoms with van der Waals surface area (Å²) in [7, 11) is 0. The van der Waals surface area contributed by atoms with E-state index in [4.69, 9.17) is 0 Å². The fourth-order valence-corrected chi connectivity index (χ4v) is 2.94. The second-order valence-corrected chi connectivity index (χ2v) is 5.78. The average Bonchev–Trinajstić information content (AvgIpc) is 2.44. The molecule has 1 aliphatic rings. The summed E-state index contributed by atoms with van der Waals surface area (Å²) in [6.45, 7) is 6.02. The van der Waals surface area contributed by atoms with Crippen molar-refractivity contribution in [2.45, 2.75) is 77.6 Å². The number of ketones is 1. The highest BCUT2D eigenvalue weighted by atomic mass is 16.1. The number of allylic oxidation sites excluding steroid dienone is 1. The summed E-state index contributed by atoms with van der Waals surface area (Å²) in [4.78, 5) is 12.4. The van der Waals surface area contributed by atoms with E-state index < -0.39 is 0 Å². The minimum absolute atomic E-state index is 0.169. The summed E-state index contributed by atoms with van der Waals surface area (Å²) in [5.41, 5.74) is -0.198. The highest BCUT2D eigenvalue weighted by molar-refractivity contribution is 6.00. The summed E-state index contributed by atoms with van der Waals surface area (Å²) < 4.78 is 0. The second kappa shape index (κ2) is 8.97. The van der Waals surface area contributed by atoms with Crippen molar-refractivity contribution in [3.8, 4) is 11.8 Å². The molecule has 0 amide bonds. The molecule has 1 nitrogen and oxygen atoms in total. The Hall–Kier alpha value is -1.03. The van der Waals surface area contributed by atoms with Crippen molar-refractivity contribution in [3.63, 3.8) is 0 Å². The zero-order valence-electron chi connectivity index (χ0n) is 12.5. The van der Waals surface area contributed by atoms with E-state index in [0.717, 1.165) is 44.9 Å². The van der Waals surface area contributed by atoms with Gasteiger partial charge >= 0.3 is 0 Å². The Bertz CT molecular complexity index is 336. The van der Waals surface area contributed by atoms with Gasteiger partial charge in [0.05, 0.1) is 0 Å². The Labute approximate surface area is 118 Å². The molecule has 0 heterocycles. The zero-order chi connectivity index (χ0) is 14.0. The van der Waals surface area contributed by atoms with Crippen molar-refractivity contribution in [1.29, 1.82) is 0 Å². The van der Waals surface area contributed by atoms with Crippen LogP contribution in [-0.2, 0) is 4.79 Å². The van der Waals surface area contributed by atoms with Crippen LogP contribution >= 0.6 is 0 Å². The molecule has 0 aromatic rings.